The number of nitriles is 1. The van der Waals surface area contributed by atoms with Crippen LogP contribution in [0.1, 0.15) is 25.0 Å². The van der Waals surface area contributed by atoms with Crippen LogP contribution in [0.4, 0.5) is 4.39 Å². The fourth-order valence-electron chi connectivity index (χ4n) is 3.44. The second-order valence-electron chi connectivity index (χ2n) is 7.56. The zero-order chi connectivity index (χ0) is 25.5. The van der Waals surface area contributed by atoms with Gasteiger partial charge in [-0.1, -0.05) is 24.3 Å². The van der Waals surface area contributed by atoms with Crippen molar-refractivity contribution in [3.8, 4) is 17.6 Å². The van der Waals surface area contributed by atoms with E-state index in [4.69, 9.17) is 14.2 Å². The minimum absolute atomic E-state index is 0.00522. The number of benzene rings is 2. The molecule has 0 aromatic heterocycles. The van der Waals surface area contributed by atoms with Gasteiger partial charge in [0.15, 0.2) is 11.5 Å². The molecule has 0 saturated carbocycles. The summed E-state index contributed by atoms with van der Waals surface area (Å²) in [5, 5.41) is 9.48. The third kappa shape index (κ3) is 5.73. The number of amides is 2. The number of nitrogens with zero attached hydrogens (tertiary/aromatic N) is 2. The summed E-state index contributed by atoms with van der Waals surface area (Å²) >= 11 is 0. The third-order valence-electron chi connectivity index (χ3n) is 5.29. The Bertz CT molecular complexity index is 1270. The first kappa shape index (κ1) is 25.2. The van der Waals surface area contributed by atoms with Crippen LogP contribution in [0.5, 0.6) is 11.5 Å². The van der Waals surface area contributed by atoms with Gasteiger partial charge in [-0.2, -0.15) is 5.26 Å². The Kier molecular flexibility index (Phi) is 8.00. The summed E-state index contributed by atoms with van der Waals surface area (Å²) in [5.74, 6) is -1.56. The number of carbonyl (C=O) groups is 3. The van der Waals surface area contributed by atoms with Crippen LogP contribution in [0.3, 0.4) is 0 Å². The van der Waals surface area contributed by atoms with Crippen LogP contribution in [0, 0.1) is 17.1 Å². The molecular formula is C26H23FN2O6. The van der Waals surface area contributed by atoms with Crippen LogP contribution < -0.4 is 9.47 Å². The summed E-state index contributed by atoms with van der Waals surface area (Å²) in [4.78, 5) is 37.6. The monoisotopic (exact) mass is 478 g/mol. The zero-order valence-corrected chi connectivity index (χ0v) is 19.5. The average Bonchev–Trinajstić information content (AvgIpc) is 2.84. The lowest BCUT2D eigenvalue weighted by Crippen LogP contribution is -2.44. The SMILES string of the molecule is COc1cc(/C=C2/C(=O)N(CCOC(C)=O)C(=O)C(C#N)=C2C)ccc1OCc1ccccc1F. The number of ether oxygens (including phenoxy) is 3. The molecule has 2 amide bonds. The van der Waals surface area contributed by atoms with E-state index < -0.39 is 17.8 Å². The molecule has 180 valence electrons. The van der Waals surface area contributed by atoms with Crippen LogP contribution in [0.15, 0.2) is 59.2 Å². The van der Waals surface area contributed by atoms with E-state index in [9.17, 15) is 24.0 Å². The van der Waals surface area contributed by atoms with E-state index in [1.807, 2.05) is 6.07 Å². The van der Waals surface area contributed by atoms with Gasteiger partial charge in [-0.25, -0.2) is 4.39 Å². The first-order valence-corrected chi connectivity index (χ1v) is 10.6. The Labute approximate surface area is 201 Å². The second-order valence-corrected chi connectivity index (χ2v) is 7.56. The molecule has 8 nitrogen and oxygen atoms in total. The predicted molar refractivity (Wildman–Crippen MR) is 123 cm³/mol. The van der Waals surface area contributed by atoms with Gasteiger partial charge in [0.05, 0.1) is 13.7 Å². The number of halogens is 1. The molecule has 9 heteroatoms. The van der Waals surface area contributed by atoms with E-state index >= 15 is 0 Å². The van der Waals surface area contributed by atoms with Crippen molar-refractivity contribution in [1.29, 1.82) is 5.26 Å². The van der Waals surface area contributed by atoms with Crippen molar-refractivity contribution in [3.63, 3.8) is 0 Å². The van der Waals surface area contributed by atoms with Crippen molar-refractivity contribution in [2.75, 3.05) is 20.3 Å². The lowest BCUT2D eigenvalue weighted by atomic mass is 9.93. The van der Waals surface area contributed by atoms with E-state index in [0.29, 0.717) is 22.6 Å². The highest BCUT2D eigenvalue weighted by Gasteiger charge is 2.35. The number of imide groups is 1. The van der Waals surface area contributed by atoms with Crippen molar-refractivity contribution in [1.82, 2.24) is 4.90 Å². The van der Waals surface area contributed by atoms with Crippen LogP contribution in [-0.4, -0.2) is 42.9 Å². The lowest BCUT2D eigenvalue weighted by molar-refractivity contribution is -0.147. The Balaban J connectivity index is 1.89. The number of hydrogen-bond acceptors (Lipinski definition) is 7. The molecule has 35 heavy (non-hydrogen) atoms. The molecule has 0 saturated heterocycles. The van der Waals surface area contributed by atoms with Crippen molar-refractivity contribution in [2.24, 2.45) is 0 Å². The summed E-state index contributed by atoms with van der Waals surface area (Å²) in [7, 11) is 1.45. The zero-order valence-electron chi connectivity index (χ0n) is 19.5. The molecule has 0 fully saturated rings. The predicted octanol–water partition coefficient (Wildman–Crippen LogP) is 3.57. The molecule has 1 aliphatic rings. The fourth-order valence-corrected chi connectivity index (χ4v) is 3.44. The van der Waals surface area contributed by atoms with Crippen LogP contribution in [-0.2, 0) is 25.7 Å². The lowest BCUT2D eigenvalue weighted by Gasteiger charge is -2.27. The fraction of sp³-hybridized carbons (Fsp3) is 0.231. The summed E-state index contributed by atoms with van der Waals surface area (Å²) in [6, 6.07) is 13.0. The van der Waals surface area contributed by atoms with Crippen molar-refractivity contribution in [3.05, 3.63) is 76.1 Å². The normalized spacial score (nSPS) is 14.7. The minimum atomic E-state index is -0.742. The highest BCUT2D eigenvalue weighted by Crippen LogP contribution is 2.32. The van der Waals surface area contributed by atoms with Gasteiger partial charge in [0.2, 0.25) is 0 Å². The molecule has 1 heterocycles. The first-order chi connectivity index (χ1) is 16.8. The molecule has 0 atom stereocenters. The topological polar surface area (TPSA) is 106 Å². The van der Waals surface area contributed by atoms with Gasteiger partial charge in [0, 0.05) is 18.1 Å². The molecule has 0 unspecified atom stereocenters. The molecule has 0 spiro atoms. The molecule has 0 aliphatic carbocycles. The van der Waals surface area contributed by atoms with E-state index in [2.05, 4.69) is 0 Å². The quantitative estimate of drug-likeness (QED) is 0.324. The van der Waals surface area contributed by atoms with E-state index in [-0.39, 0.29) is 42.3 Å². The summed E-state index contributed by atoms with van der Waals surface area (Å²) in [5.41, 5.74) is 1.15. The van der Waals surface area contributed by atoms with Crippen molar-refractivity contribution in [2.45, 2.75) is 20.5 Å². The molecule has 2 aromatic rings. The molecular weight excluding hydrogens is 455 g/mol. The van der Waals surface area contributed by atoms with Gasteiger partial charge in [-0.05, 0) is 42.3 Å². The molecule has 1 aliphatic heterocycles. The maximum atomic E-state index is 13.9. The van der Waals surface area contributed by atoms with Gasteiger partial charge < -0.3 is 14.2 Å². The largest absolute Gasteiger partial charge is 0.493 e. The van der Waals surface area contributed by atoms with Crippen LogP contribution in [0.25, 0.3) is 6.08 Å². The maximum absolute atomic E-state index is 13.9. The van der Waals surface area contributed by atoms with E-state index in [1.165, 1.54) is 33.1 Å². The first-order valence-electron chi connectivity index (χ1n) is 10.6. The summed E-state index contributed by atoms with van der Waals surface area (Å²) < 4.78 is 29.8. The number of carbonyl (C=O) groups excluding carboxylic acids is 3. The van der Waals surface area contributed by atoms with Gasteiger partial charge in [-0.3, -0.25) is 19.3 Å². The van der Waals surface area contributed by atoms with E-state index in [0.717, 1.165) is 4.90 Å². The summed E-state index contributed by atoms with van der Waals surface area (Å²) in [6.07, 6.45) is 1.53. The Morgan fingerprint density at radius 1 is 1.14 bits per heavy atom. The van der Waals surface area contributed by atoms with Gasteiger partial charge in [0.25, 0.3) is 11.8 Å². The molecule has 3 rings (SSSR count). The highest BCUT2D eigenvalue weighted by molar-refractivity contribution is 6.19. The number of esters is 1. The Morgan fingerprint density at radius 3 is 2.54 bits per heavy atom. The third-order valence-corrected chi connectivity index (χ3v) is 5.29. The van der Waals surface area contributed by atoms with Crippen LogP contribution in [0.2, 0.25) is 0 Å². The number of methoxy groups -OCH3 is 1. The Morgan fingerprint density at radius 2 is 1.89 bits per heavy atom. The van der Waals surface area contributed by atoms with Gasteiger partial charge in [-0.15, -0.1) is 0 Å². The standard InChI is InChI=1S/C26H23FN2O6/c1-16-20(25(31)29(10-11-34-17(2)30)26(32)21(16)14-28)12-18-8-9-23(24(13-18)33-3)35-15-19-6-4-5-7-22(19)27/h4-9,12-13H,10-11,15H2,1-3H3/b20-12+. The van der Waals surface area contributed by atoms with E-state index in [1.54, 1.807) is 36.4 Å². The highest BCUT2D eigenvalue weighted by atomic mass is 19.1. The van der Waals surface area contributed by atoms with Crippen molar-refractivity contribution >= 4 is 23.9 Å². The van der Waals surface area contributed by atoms with Gasteiger partial charge >= 0.3 is 5.97 Å². The smallest absolute Gasteiger partial charge is 0.302 e. The van der Waals surface area contributed by atoms with Crippen molar-refractivity contribution < 1.29 is 33.0 Å². The average molecular weight is 478 g/mol. The Hall–Kier alpha value is -4.45. The molecule has 0 bridgehead atoms. The molecule has 0 N–H and O–H groups in total. The maximum Gasteiger partial charge on any atom is 0.302 e. The molecule has 2 aromatic carbocycles. The van der Waals surface area contributed by atoms with Crippen LogP contribution >= 0.6 is 0 Å². The van der Waals surface area contributed by atoms with Gasteiger partial charge in [0.1, 0.15) is 30.7 Å². The number of hydrogen-bond donors (Lipinski definition) is 0. The summed E-state index contributed by atoms with van der Waals surface area (Å²) in [6.45, 7) is 2.37. The molecule has 0 radical (unpaired) electrons. The minimum Gasteiger partial charge on any atom is -0.493 e. The second kappa shape index (κ2) is 11.1. The number of rotatable bonds is 8.